The van der Waals surface area contributed by atoms with E-state index >= 15 is 0 Å². The number of nitrogens with one attached hydrogen (secondary N) is 2. The molecule has 0 saturated carbocycles. The number of hydrogen-bond donors (Lipinski definition) is 2. The average molecular weight is 377 g/mol. The third kappa shape index (κ3) is 6.13. The van der Waals surface area contributed by atoms with E-state index in [2.05, 4.69) is 15.6 Å². The molecule has 0 aliphatic heterocycles. The van der Waals surface area contributed by atoms with Gasteiger partial charge in [-0.1, -0.05) is 12.1 Å². The number of guanidine groups is 1. The van der Waals surface area contributed by atoms with Crippen LogP contribution in [0.15, 0.2) is 41.4 Å². The molecule has 0 saturated heterocycles. The molecule has 0 atom stereocenters. The van der Waals surface area contributed by atoms with Crippen LogP contribution in [0.4, 0.5) is 8.78 Å². The van der Waals surface area contributed by atoms with Gasteiger partial charge >= 0.3 is 0 Å². The van der Waals surface area contributed by atoms with E-state index in [4.69, 9.17) is 9.47 Å². The topological polar surface area (TPSA) is 54.9 Å². The highest BCUT2D eigenvalue weighted by molar-refractivity contribution is 5.79. The van der Waals surface area contributed by atoms with Gasteiger partial charge < -0.3 is 20.1 Å². The summed E-state index contributed by atoms with van der Waals surface area (Å²) in [5.74, 6) is 0.819. The monoisotopic (exact) mass is 377 g/mol. The molecular formula is C20H25F2N3O2. The van der Waals surface area contributed by atoms with Crippen molar-refractivity contribution in [3.8, 4) is 11.5 Å². The molecule has 0 aliphatic rings. The maximum atomic E-state index is 13.7. The van der Waals surface area contributed by atoms with Gasteiger partial charge in [0.1, 0.15) is 11.6 Å². The molecule has 0 heterocycles. The molecule has 146 valence electrons. The van der Waals surface area contributed by atoms with Gasteiger partial charge in [0, 0.05) is 19.2 Å². The second-order valence-corrected chi connectivity index (χ2v) is 5.80. The van der Waals surface area contributed by atoms with Gasteiger partial charge in [0.2, 0.25) is 0 Å². The Labute approximate surface area is 158 Å². The summed E-state index contributed by atoms with van der Waals surface area (Å²) in [5.41, 5.74) is 1.43. The van der Waals surface area contributed by atoms with Crippen LogP contribution in [0.5, 0.6) is 11.5 Å². The Morgan fingerprint density at radius 2 is 1.78 bits per heavy atom. The summed E-state index contributed by atoms with van der Waals surface area (Å²) in [4.78, 5) is 4.53. The first-order chi connectivity index (χ1) is 13.1. The summed E-state index contributed by atoms with van der Waals surface area (Å²) in [7, 11) is 3.18. The predicted octanol–water partition coefficient (Wildman–Crippen LogP) is 3.28. The third-order valence-corrected chi connectivity index (χ3v) is 3.91. The molecule has 2 rings (SSSR count). The van der Waals surface area contributed by atoms with Crippen molar-refractivity contribution in [3.05, 3.63) is 59.2 Å². The summed E-state index contributed by atoms with van der Waals surface area (Å²) < 4.78 is 37.2. The molecule has 0 aromatic heterocycles. The minimum Gasteiger partial charge on any atom is -0.493 e. The molecule has 2 aromatic rings. The Bertz CT molecular complexity index is 782. The van der Waals surface area contributed by atoms with Crippen molar-refractivity contribution < 1.29 is 18.3 Å². The first-order valence-corrected chi connectivity index (χ1v) is 8.74. The number of aliphatic imine (C=N–C) groups is 1. The van der Waals surface area contributed by atoms with Crippen LogP contribution >= 0.6 is 0 Å². The van der Waals surface area contributed by atoms with Gasteiger partial charge in [-0.2, -0.15) is 0 Å². The number of nitrogens with zero attached hydrogens (tertiary/aromatic N) is 1. The summed E-state index contributed by atoms with van der Waals surface area (Å²) in [6.45, 7) is 3.58. The van der Waals surface area contributed by atoms with E-state index in [1.807, 2.05) is 25.1 Å². The van der Waals surface area contributed by atoms with Crippen molar-refractivity contribution in [1.29, 1.82) is 0 Å². The lowest BCUT2D eigenvalue weighted by Gasteiger charge is -2.12. The fourth-order valence-corrected chi connectivity index (χ4v) is 2.53. The first kappa shape index (κ1) is 20.5. The number of hydrogen-bond acceptors (Lipinski definition) is 3. The van der Waals surface area contributed by atoms with E-state index in [1.54, 1.807) is 14.2 Å². The maximum Gasteiger partial charge on any atom is 0.191 e. The van der Waals surface area contributed by atoms with Gasteiger partial charge in [0.25, 0.3) is 0 Å². The Morgan fingerprint density at radius 3 is 2.44 bits per heavy atom. The van der Waals surface area contributed by atoms with E-state index in [0.717, 1.165) is 11.6 Å². The van der Waals surface area contributed by atoms with Crippen LogP contribution in [0.3, 0.4) is 0 Å². The van der Waals surface area contributed by atoms with Crippen LogP contribution in [0.1, 0.15) is 18.1 Å². The fraction of sp³-hybridized carbons (Fsp3) is 0.350. The molecule has 0 fully saturated rings. The molecule has 5 nitrogen and oxygen atoms in total. The number of ether oxygens (including phenoxy) is 2. The number of rotatable bonds is 8. The zero-order valence-electron chi connectivity index (χ0n) is 15.8. The molecule has 2 aromatic carbocycles. The highest BCUT2D eigenvalue weighted by Crippen LogP contribution is 2.27. The van der Waals surface area contributed by atoms with E-state index in [9.17, 15) is 8.78 Å². The Morgan fingerprint density at radius 1 is 1.00 bits per heavy atom. The zero-order chi connectivity index (χ0) is 19.6. The highest BCUT2D eigenvalue weighted by Gasteiger charge is 2.06. The zero-order valence-corrected chi connectivity index (χ0v) is 15.8. The van der Waals surface area contributed by atoms with Crippen LogP contribution in [0.25, 0.3) is 0 Å². The van der Waals surface area contributed by atoms with Gasteiger partial charge in [0.05, 0.1) is 20.8 Å². The Hall–Kier alpha value is -2.83. The lowest BCUT2D eigenvalue weighted by Crippen LogP contribution is -2.38. The molecule has 27 heavy (non-hydrogen) atoms. The fourth-order valence-electron chi connectivity index (χ4n) is 2.53. The van der Waals surface area contributed by atoms with Crippen molar-refractivity contribution in [2.45, 2.75) is 19.9 Å². The first-order valence-electron chi connectivity index (χ1n) is 8.74. The SMILES string of the molecule is CCNC(=NCc1ccc(OC)c(OC)c1)NCCc1ccc(F)cc1F. The molecule has 2 N–H and O–H groups in total. The van der Waals surface area contributed by atoms with E-state index in [-0.39, 0.29) is 0 Å². The minimum absolute atomic E-state index is 0.423. The lowest BCUT2D eigenvalue weighted by molar-refractivity contribution is 0.354. The van der Waals surface area contributed by atoms with Crippen molar-refractivity contribution in [2.75, 3.05) is 27.3 Å². The number of halogens is 2. The summed E-state index contributed by atoms with van der Waals surface area (Å²) in [5, 5.41) is 6.30. The Balaban J connectivity index is 1.97. The van der Waals surface area contributed by atoms with Gasteiger partial charge in [-0.25, -0.2) is 13.8 Å². The predicted molar refractivity (Wildman–Crippen MR) is 102 cm³/mol. The van der Waals surface area contributed by atoms with Crippen LogP contribution in [0, 0.1) is 11.6 Å². The normalized spacial score (nSPS) is 11.2. The van der Waals surface area contributed by atoms with Crippen molar-refractivity contribution in [3.63, 3.8) is 0 Å². The largest absolute Gasteiger partial charge is 0.493 e. The molecule has 0 amide bonds. The van der Waals surface area contributed by atoms with Gasteiger partial charge in [-0.3, -0.25) is 0 Å². The van der Waals surface area contributed by atoms with Gasteiger partial charge in [-0.15, -0.1) is 0 Å². The van der Waals surface area contributed by atoms with Crippen LogP contribution in [-0.4, -0.2) is 33.3 Å². The molecule has 0 radical (unpaired) electrons. The van der Waals surface area contributed by atoms with E-state index in [0.29, 0.717) is 49.1 Å². The summed E-state index contributed by atoms with van der Waals surface area (Å²) in [6, 6.07) is 9.24. The van der Waals surface area contributed by atoms with Crippen molar-refractivity contribution in [2.24, 2.45) is 4.99 Å². The van der Waals surface area contributed by atoms with Crippen LogP contribution < -0.4 is 20.1 Å². The molecule has 0 bridgehead atoms. The quantitative estimate of drug-likeness (QED) is 0.548. The molecule has 0 unspecified atom stereocenters. The lowest BCUT2D eigenvalue weighted by atomic mass is 10.1. The second kappa shape index (κ2) is 10.4. The molecule has 0 spiro atoms. The van der Waals surface area contributed by atoms with Gasteiger partial charge in [0.15, 0.2) is 17.5 Å². The average Bonchev–Trinajstić information content (AvgIpc) is 2.67. The van der Waals surface area contributed by atoms with E-state index in [1.165, 1.54) is 12.1 Å². The van der Waals surface area contributed by atoms with Gasteiger partial charge in [-0.05, 0) is 42.7 Å². The maximum absolute atomic E-state index is 13.7. The number of methoxy groups -OCH3 is 2. The molecule has 7 heteroatoms. The number of benzene rings is 2. The summed E-state index contributed by atoms with van der Waals surface area (Å²) in [6.07, 6.45) is 0.423. The van der Waals surface area contributed by atoms with Crippen molar-refractivity contribution in [1.82, 2.24) is 10.6 Å². The molecular weight excluding hydrogens is 352 g/mol. The Kier molecular flexibility index (Phi) is 7.85. The minimum atomic E-state index is -0.575. The standard InChI is InChI=1S/C20H25F2N3O2/c1-4-23-20(24-10-9-15-6-7-16(21)12-17(15)22)25-13-14-5-8-18(26-2)19(11-14)27-3/h5-8,11-12H,4,9-10,13H2,1-3H3,(H2,23,24,25). The van der Waals surface area contributed by atoms with E-state index < -0.39 is 11.6 Å². The van der Waals surface area contributed by atoms with Crippen molar-refractivity contribution >= 4 is 5.96 Å². The van der Waals surface area contributed by atoms with Crippen LogP contribution in [-0.2, 0) is 13.0 Å². The van der Waals surface area contributed by atoms with Crippen LogP contribution in [0.2, 0.25) is 0 Å². The highest BCUT2D eigenvalue weighted by atomic mass is 19.1. The summed E-state index contributed by atoms with van der Waals surface area (Å²) >= 11 is 0. The smallest absolute Gasteiger partial charge is 0.191 e. The third-order valence-electron chi connectivity index (χ3n) is 3.91. The molecule has 0 aliphatic carbocycles. The second-order valence-electron chi connectivity index (χ2n) is 5.80.